The van der Waals surface area contributed by atoms with Gasteiger partial charge in [0.15, 0.2) is 0 Å². The smallest absolute Gasteiger partial charge is 0.324 e. The minimum absolute atomic E-state index is 0.169. The first-order chi connectivity index (χ1) is 8.79. The average Bonchev–Trinajstić information content (AvgIpc) is 2.78. The summed E-state index contributed by atoms with van der Waals surface area (Å²) in [5.41, 5.74) is 0. The van der Waals surface area contributed by atoms with Crippen LogP contribution in [0.1, 0.15) is 26.7 Å². The van der Waals surface area contributed by atoms with Crippen LogP contribution in [0.3, 0.4) is 0 Å². The summed E-state index contributed by atoms with van der Waals surface area (Å²) in [7, 11) is -4.02. The van der Waals surface area contributed by atoms with Crippen molar-refractivity contribution in [1.29, 1.82) is 0 Å². The van der Waals surface area contributed by atoms with Crippen LogP contribution in [0.2, 0.25) is 0 Å². The molecule has 1 rings (SSSR count). The molecule has 110 valence electrons. The summed E-state index contributed by atoms with van der Waals surface area (Å²) >= 11 is 0. The van der Waals surface area contributed by atoms with Crippen molar-refractivity contribution in [3.8, 4) is 0 Å². The van der Waals surface area contributed by atoms with Gasteiger partial charge in [-0.05, 0) is 26.7 Å². The van der Waals surface area contributed by atoms with Crippen LogP contribution >= 0.6 is 0 Å². The van der Waals surface area contributed by atoms with Crippen LogP contribution in [0.25, 0.3) is 0 Å². The normalized spacial score (nSPS) is 22.1. The molecular formula is C10H18N2O6S. The summed E-state index contributed by atoms with van der Waals surface area (Å²) in [6, 6.07) is -2.13. The number of aliphatic carboxylic acids is 1. The Morgan fingerprint density at radius 3 is 2.68 bits per heavy atom. The molecule has 0 saturated carbocycles. The van der Waals surface area contributed by atoms with Gasteiger partial charge in [0.25, 0.3) is 10.2 Å². The average molecular weight is 294 g/mol. The van der Waals surface area contributed by atoms with Crippen LogP contribution in [-0.2, 0) is 24.5 Å². The van der Waals surface area contributed by atoms with Crippen molar-refractivity contribution in [3.05, 3.63) is 0 Å². The van der Waals surface area contributed by atoms with E-state index in [-0.39, 0.29) is 13.2 Å². The van der Waals surface area contributed by atoms with E-state index >= 15 is 0 Å². The maximum Gasteiger partial charge on any atom is 0.324 e. The number of nitrogens with zero attached hydrogens (tertiary/aromatic N) is 1. The van der Waals surface area contributed by atoms with Crippen LogP contribution in [0.15, 0.2) is 0 Å². The van der Waals surface area contributed by atoms with E-state index in [4.69, 9.17) is 9.84 Å². The van der Waals surface area contributed by atoms with Gasteiger partial charge in [-0.15, -0.1) is 0 Å². The predicted octanol–water partition coefficient (Wildman–Crippen LogP) is -0.679. The minimum atomic E-state index is -4.02. The van der Waals surface area contributed by atoms with E-state index in [1.165, 1.54) is 6.92 Å². The molecule has 1 fully saturated rings. The molecule has 0 amide bonds. The Balaban J connectivity index is 2.82. The number of carboxylic acids is 1. The van der Waals surface area contributed by atoms with Crippen LogP contribution in [0.5, 0.6) is 0 Å². The first-order valence-electron chi connectivity index (χ1n) is 5.98. The van der Waals surface area contributed by atoms with Crippen molar-refractivity contribution in [2.24, 2.45) is 0 Å². The molecule has 1 unspecified atom stereocenters. The molecule has 0 aliphatic carbocycles. The highest BCUT2D eigenvalue weighted by Crippen LogP contribution is 2.21. The van der Waals surface area contributed by atoms with E-state index in [1.807, 2.05) is 4.72 Å². The second-order valence-electron chi connectivity index (χ2n) is 4.20. The van der Waals surface area contributed by atoms with Gasteiger partial charge in [0.2, 0.25) is 0 Å². The van der Waals surface area contributed by atoms with Gasteiger partial charge in [-0.25, -0.2) is 0 Å². The van der Waals surface area contributed by atoms with Gasteiger partial charge in [-0.3, -0.25) is 9.59 Å². The number of carbonyl (C=O) groups is 2. The highest BCUT2D eigenvalue weighted by atomic mass is 32.2. The summed E-state index contributed by atoms with van der Waals surface area (Å²) in [6.45, 7) is 3.19. The van der Waals surface area contributed by atoms with E-state index in [9.17, 15) is 18.0 Å². The standard InChI is InChI=1S/C10H18N2O6S/c1-3-18-10(15)8-5-4-6-12(8)19(16,17)11-7(2)9(13)14/h7-8,11H,3-6H2,1-2H3,(H,13,14)/t7-,8?/m0/s1. The molecule has 0 aromatic rings. The molecule has 0 aromatic carbocycles. The second kappa shape index (κ2) is 6.31. The molecule has 0 radical (unpaired) electrons. The number of carbonyl (C=O) groups excluding carboxylic acids is 1. The van der Waals surface area contributed by atoms with Crippen molar-refractivity contribution >= 4 is 22.1 Å². The van der Waals surface area contributed by atoms with Crippen molar-refractivity contribution in [3.63, 3.8) is 0 Å². The number of nitrogens with one attached hydrogen (secondary N) is 1. The van der Waals surface area contributed by atoms with Crippen molar-refractivity contribution in [2.45, 2.75) is 38.8 Å². The fraction of sp³-hybridized carbons (Fsp3) is 0.800. The predicted molar refractivity (Wildman–Crippen MR) is 65.5 cm³/mol. The maximum atomic E-state index is 12.0. The third kappa shape index (κ3) is 3.88. The van der Waals surface area contributed by atoms with Crippen LogP contribution in [0, 0.1) is 0 Å². The third-order valence-corrected chi connectivity index (χ3v) is 4.47. The molecule has 0 aromatic heterocycles. The second-order valence-corrected chi connectivity index (χ2v) is 5.86. The van der Waals surface area contributed by atoms with E-state index < -0.39 is 34.2 Å². The largest absolute Gasteiger partial charge is 0.480 e. The topological polar surface area (TPSA) is 113 Å². The van der Waals surface area contributed by atoms with Crippen molar-refractivity contribution in [1.82, 2.24) is 9.03 Å². The maximum absolute atomic E-state index is 12.0. The van der Waals surface area contributed by atoms with Crippen molar-refractivity contribution < 1.29 is 27.9 Å². The number of hydrogen-bond acceptors (Lipinski definition) is 5. The third-order valence-electron chi connectivity index (χ3n) is 2.77. The monoisotopic (exact) mass is 294 g/mol. The zero-order chi connectivity index (χ0) is 14.6. The first kappa shape index (κ1) is 15.9. The molecule has 0 bridgehead atoms. The quantitative estimate of drug-likeness (QED) is 0.628. The van der Waals surface area contributed by atoms with Gasteiger partial charge in [0.1, 0.15) is 12.1 Å². The zero-order valence-corrected chi connectivity index (χ0v) is 11.6. The Kier molecular flexibility index (Phi) is 5.27. The Hall–Kier alpha value is -1.19. The molecule has 2 atom stereocenters. The Morgan fingerprint density at radius 2 is 2.16 bits per heavy atom. The van der Waals surface area contributed by atoms with Gasteiger partial charge >= 0.3 is 11.9 Å². The van der Waals surface area contributed by atoms with Gasteiger partial charge < -0.3 is 9.84 Å². The molecule has 19 heavy (non-hydrogen) atoms. The summed E-state index contributed by atoms with van der Waals surface area (Å²) in [5, 5.41) is 8.71. The fourth-order valence-electron chi connectivity index (χ4n) is 1.84. The highest BCUT2D eigenvalue weighted by molar-refractivity contribution is 7.87. The molecular weight excluding hydrogens is 276 g/mol. The van der Waals surface area contributed by atoms with Gasteiger partial charge in [-0.2, -0.15) is 17.4 Å². The van der Waals surface area contributed by atoms with Crippen LogP contribution in [0.4, 0.5) is 0 Å². The van der Waals surface area contributed by atoms with E-state index in [2.05, 4.69) is 0 Å². The molecule has 0 spiro atoms. The molecule has 8 nitrogen and oxygen atoms in total. The number of hydrogen-bond donors (Lipinski definition) is 2. The van der Waals surface area contributed by atoms with Gasteiger partial charge in [0, 0.05) is 6.54 Å². The molecule has 1 aliphatic rings. The van der Waals surface area contributed by atoms with Gasteiger partial charge in [0.05, 0.1) is 6.61 Å². The molecule has 1 saturated heterocycles. The lowest BCUT2D eigenvalue weighted by Crippen LogP contribution is -2.50. The zero-order valence-electron chi connectivity index (χ0n) is 10.8. The molecule has 1 aliphatic heterocycles. The highest BCUT2D eigenvalue weighted by Gasteiger charge is 2.40. The lowest BCUT2D eigenvalue weighted by Gasteiger charge is -2.23. The summed E-state index contributed by atoms with van der Waals surface area (Å²) in [4.78, 5) is 22.3. The fourth-order valence-corrected chi connectivity index (χ4v) is 3.42. The Labute approximate surface area is 111 Å². The van der Waals surface area contributed by atoms with E-state index in [1.54, 1.807) is 6.92 Å². The Morgan fingerprint density at radius 1 is 1.53 bits per heavy atom. The summed E-state index contributed by atoms with van der Waals surface area (Å²) in [6.07, 6.45) is 0.910. The number of esters is 1. The van der Waals surface area contributed by atoms with Crippen molar-refractivity contribution in [2.75, 3.05) is 13.2 Å². The van der Waals surface area contributed by atoms with Crippen LogP contribution < -0.4 is 4.72 Å². The number of rotatable bonds is 6. The number of carboxylic acid groups (broad SMARTS) is 1. The SMILES string of the molecule is CCOC(=O)C1CCCN1S(=O)(=O)N[C@@H](C)C(=O)O. The van der Waals surface area contributed by atoms with Crippen LogP contribution in [-0.4, -0.2) is 55.0 Å². The molecule has 2 N–H and O–H groups in total. The Bertz CT molecular complexity index is 449. The molecule has 1 heterocycles. The lowest BCUT2D eigenvalue weighted by atomic mass is 10.2. The number of ether oxygens (including phenoxy) is 1. The molecule has 9 heteroatoms. The van der Waals surface area contributed by atoms with Gasteiger partial charge in [-0.1, -0.05) is 0 Å². The first-order valence-corrected chi connectivity index (χ1v) is 7.42. The van der Waals surface area contributed by atoms with E-state index in [0.717, 1.165) is 4.31 Å². The summed E-state index contributed by atoms with van der Waals surface area (Å²) < 4.78 is 31.8. The minimum Gasteiger partial charge on any atom is -0.480 e. The van der Waals surface area contributed by atoms with E-state index in [0.29, 0.717) is 12.8 Å². The lowest BCUT2D eigenvalue weighted by molar-refractivity contribution is -0.146. The summed E-state index contributed by atoms with van der Waals surface area (Å²) in [5.74, 6) is -1.89.